The SMILES string of the molecule is COC(=O)c1sccc1CSc1nnc(-c2ccccc2C)o1. The van der Waals surface area contributed by atoms with Crippen LogP contribution in [0.5, 0.6) is 0 Å². The molecule has 5 nitrogen and oxygen atoms in total. The first-order valence-corrected chi connectivity index (χ1v) is 8.72. The van der Waals surface area contributed by atoms with E-state index in [-0.39, 0.29) is 5.97 Å². The summed E-state index contributed by atoms with van der Waals surface area (Å²) in [5, 5.41) is 10.5. The van der Waals surface area contributed by atoms with E-state index in [1.807, 2.05) is 42.6 Å². The van der Waals surface area contributed by atoms with Crippen LogP contribution >= 0.6 is 23.1 Å². The lowest BCUT2D eigenvalue weighted by Gasteiger charge is -2.00. The Kier molecular flexibility index (Phi) is 4.78. The lowest BCUT2D eigenvalue weighted by atomic mass is 10.1. The van der Waals surface area contributed by atoms with Gasteiger partial charge < -0.3 is 9.15 Å². The molecule has 0 saturated carbocycles. The molecule has 0 spiro atoms. The van der Waals surface area contributed by atoms with Crippen molar-refractivity contribution in [3.63, 3.8) is 0 Å². The summed E-state index contributed by atoms with van der Waals surface area (Å²) in [5.41, 5.74) is 2.92. The van der Waals surface area contributed by atoms with Gasteiger partial charge in [-0.25, -0.2) is 4.79 Å². The monoisotopic (exact) mass is 346 g/mol. The molecule has 0 unspecified atom stereocenters. The Morgan fingerprint density at radius 2 is 2.13 bits per heavy atom. The molecule has 0 fully saturated rings. The minimum absolute atomic E-state index is 0.318. The normalized spacial score (nSPS) is 10.7. The van der Waals surface area contributed by atoms with Crippen LogP contribution in [0, 0.1) is 6.92 Å². The molecule has 0 saturated heterocycles. The summed E-state index contributed by atoms with van der Waals surface area (Å²) in [6.45, 7) is 2.00. The van der Waals surface area contributed by atoms with Crippen molar-refractivity contribution in [2.24, 2.45) is 0 Å². The van der Waals surface area contributed by atoms with E-state index in [1.165, 1.54) is 30.2 Å². The van der Waals surface area contributed by atoms with Crippen LogP contribution in [-0.4, -0.2) is 23.3 Å². The van der Waals surface area contributed by atoms with Crippen LogP contribution in [-0.2, 0) is 10.5 Å². The molecule has 2 aromatic heterocycles. The molecule has 7 heteroatoms. The summed E-state index contributed by atoms with van der Waals surface area (Å²) in [6, 6.07) is 9.76. The minimum Gasteiger partial charge on any atom is -0.465 e. The van der Waals surface area contributed by atoms with Gasteiger partial charge in [-0.15, -0.1) is 21.5 Å². The number of ether oxygens (including phenoxy) is 1. The Hall–Kier alpha value is -2.12. The highest BCUT2D eigenvalue weighted by molar-refractivity contribution is 7.98. The molecule has 2 heterocycles. The first-order valence-electron chi connectivity index (χ1n) is 6.86. The van der Waals surface area contributed by atoms with Gasteiger partial charge in [0.2, 0.25) is 5.89 Å². The number of carbonyl (C=O) groups is 1. The first-order chi connectivity index (χ1) is 11.2. The highest BCUT2D eigenvalue weighted by atomic mass is 32.2. The van der Waals surface area contributed by atoms with Gasteiger partial charge in [0.1, 0.15) is 4.88 Å². The van der Waals surface area contributed by atoms with Crippen molar-refractivity contribution in [3.05, 3.63) is 51.7 Å². The van der Waals surface area contributed by atoms with Crippen LogP contribution in [0.1, 0.15) is 20.8 Å². The van der Waals surface area contributed by atoms with E-state index in [9.17, 15) is 4.79 Å². The molecule has 3 rings (SSSR count). The molecule has 0 N–H and O–H groups in total. The predicted molar refractivity (Wildman–Crippen MR) is 89.7 cm³/mol. The summed E-state index contributed by atoms with van der Waals surface area (Å²) in [5.74, 6) is 0.759. The molecule has 118 valence electrons. The standard InChI is InChI=1S/C16H14N2O3S2/c1-10-5-3-4-6-12(10)14-17-18-16(21-14)23-9-11-7-8-22-13(11)15(19)20-2/h3-8H,9H2,1-2H3. The van der Waals surface area contributed by atoms with Crippen molar-refractivity contribution < 1.29 is 13.9 Å². The summed E-state index contributed by atoms with van der Waals surface area (Å²) in [4.78, 5) is 12.3. The number of hydrogen-bond acceptors (Lipinski definition) is 7. The van der Waals surface area contributed by atoms with Gasteiger partial charge in [-0.05, 0) is 35.6 Å². The maximum Gasteiger partial charge on any atom is 0.348 e. The van der Waals surface area contributed by atoms with Gasteiger partial charge in [0, 0.05) is 11.3 Å². The second-order valence-electron chi connectivity index (χ2n) is 4.74. The lowest BCUT2D eigenvalue weighted by Crippen LogP contribution is -2.00. The zero-order chi connectivity index (χ0) is 16.2. The molecule has 0 bridgehead atoms. The minimum atomic E-state index is -0.318. The summed E-state index contributed by atoms with van der Waals surface area (Å²) >= 11 is 2.77. The molecule has 0 radical (unpaired) electrons. The maximum atomic E-state index is 11.7. The van der Waals surface area contributed by atoms with E-state index in [4.69, 9.17) is 9.15 Å². The van der Waals surface area contributed by atoms with Crippen molar-refractivity contribution in [1.82, 2.24) is 10.2 Å². The Morgan fingerprint density at radius 1 is 1.30 bits per heavy atom. The van der Waals surface area contributed by atoms with Crippen LogP contribution in [0.3, 0.4) is 0 Å². The fourth-order valence-corrected chi connectivity index (χ4v) is 3.74. The van der Waals surface area contributed by atoms with E-state index in [0.717, 1.165) is 16.7 Å². The average Bonchev–Trinajstić information content (AvgIpc) is 3.21. The van der Waals surface area contributed by atoms with Crippen LogP contribution in [0.25, 0.3) is 11.5 Å². The quantitative estimate of drug-likeness (QED) is 0.510. The van der Waals surface area contributed by atoms with E-state index in [1.54, 1.807) is 0 Å². The molecule has 0 aliphatic rings. The topological polar surface area (TPSA) is 65.2 Å². The van der Waals surface area contributed by atoms with Crippen molar-refractivity contribution in [3.8, 4) is 11.5 Å². The van der Waals surface area contributed by atoms with Gasteiger partial charge in [-0.3, -0.25) is 0 Å². The third kappa shape index (κ3) is 3.46. The molecular weight excluding hydrogens is 332 g/mol. The number of aromatic nitrogens is 2. The Labute approximate surface area is 141 Å². The predicted octanol–water partition coefficient (Wildman–Crippen LogP) is 4.19. The highest BCUT2D eigenvalue weighted by Crippen LogP contribution is 2.29. The van der Waals surface area contributed by atoms with Gasteiger partial charge in [0.15, 0.2) is 0 Å². The number of esters is 1. The third-order valence-electron chi connectivity index (χ3n) is 3.25. The third-order valence-corrected chi connectivity index (χ3v) is 5.05. The summed E-state index contributed by atoms with van der Waals surface area (Å²) < 4.78 is 10.5. The molecule has 0 aliphatic carbocycles. The number of nitrogens with zero attached hydrogens (tertiary/aromatic N) is 2. The average molecular weight is 346 g/mol. The van der Waals surface area contributed by atoms with Crippen LogP contribution < -0.4 is 0 Å². The Balaban J connectivity index is 1.72. The van der Waals surface area contributed by atoms with E-state index in [0.29, 0.717) is 21.7 Å². The first kappa shape index (κ1) is 15.8. The molecule has 23 heavy (non-hydrogen) atoms. The van der Waals surface area contributed by atoms with E-state index >= 15 is 0 Å². The van der Waals surface area contributed by atoms with Crippen LogP contribution in [0.2, 0.25) is 0 Å². The van der Waals surface area contributed by atoms with Gasteiger partial charge in [-0.2, -0.15) is 0 Å². The number of thiophene rings is 1. The number of rotatable bonds is 5. The number of aryl methyl sites for hydroxylation is 1. The van der Waals surface area contributed by atoms with Gasteiger partial charge in [0.05, 0.1) is 7.11 Å². The molecule has 0 amide bonds. The number of thioether (sulfide) groups is 1. The molecule has 1 aromatic carbocycles. The van der Waals surface area contributed by atoms with Crippen molar-refractivity contribution in [2.45, 2.75) is 17.9 Å². The maximum absolute atomic E-state index is 11.7. The lowest BCUT2D eigenvalue weighted by molar-refractivity contribution is 0.0605. The second kappa shape index (κ2) is 6.97. The fraction of sp³-hybridized carbons (Fsp3) is 0.188. The number of hydrogen-bond donors (Lipinski definition) is 0. The van der Waals surface area contributed by atoms with Crippen LogP contribution in [0.15, 0.2) is 45.4 Å². The fourth-order valence-electron chi connectivity index (χ4n) is 2.05. The summed E-state index contributed by atoms with van der Waals surface area (Å²) in [7, 11) is 1.38. The Morgan fingerprint density at radius 3 is 2.91 bits per heavy atom. The molecular formula is C16H14N2O3S2. The summed E-state index contributed by atoms with van der Waals surface area (Å²) in [6.07, 6.45) is 0. The van der Waals surface area contributed by atoms with E-state index in [2.05, 4.69) is 10.2 Å². The Bertz CT molecular complexity index is 826. The van der Waals surface area contributed by atoms with Crippen molar-refractivity contribution in [1.29, 1.82) is 0 Å². The molecule has 0 atom stereocenters. The largest absolute Gasteiger partial charge is 0.465 e. The highest BCUT2D eigenvalue weighted by Gasteiger charge is 2.16. The molecule has 0 aliphatic heterocycles. The number of benzene rings is 1. The van der Waals surface area contributed by atoms with Crippen LogP contribution in [0.4, 0.5) is 0 Å². The van der Waals surface area contributed by atoms with Gasteiger partial charge in [-0.1, -0.05) is 30.0 Å². The zero-order valence-corrected chi connectivity index (χ0v) is 14.2. The molecule has 3 aromatic rings. The zero-order valence-electron chi connectivity index (χ0n) is 12.6. The van der Waals surface area contributed by atoms with Gasteiger partial charge in [0.25, 0.3) is 5.22 Å². The smallest absolute Gasteiger partial charge is 0.348 e. The number of carbonyl (C=O) groups excluding carboxylic acids is 1. The van der Waals surface area contributed by atoms with Crippen molar-refractivity contribution >= 4 is 29.1 Å². The van der Waals surface area contributed by atoms with Gasteiger partial charge >= 0.3 is 5.97 Å². The van der Waals surface area contributed by atoms with E-state index < -0.39 is 0 Å². The van der Waals surface area contributed by atoms with Crippen molar-refractivity contribution in [2.75, 3.05) is 7.11 Å². The second-order valence-corrected chi connectivity index (χ2v) is 6.59. The number of methoxy groups -OCH3 is 1.